The lowest BCUT2D eigenvalue weighted by molar-refractivity contribution is 0.619. The molecule has 5 heteroatoms. The Morgan fingerprint density at radius 3 is 2.47 bits per heavy atom. The van der Waals surface area contributed by atoms with E-state index in [1.54, 1.807) is 19.1 Å². The van der Waals surface area contributed by atoms with Gasteiger partial charge in [0.25, 0.3) is 0 Å². The minimum Gasteiger partial charge on any atom is -0.332 e. The van der Waals surface area contributed by atoms with Crippen LogP contribution in [0.3, 0.4) is 0 Å². The highest BCUT2D eigenvalue weighted by Gasteiger charge is 2.05. The molecule has 2 nitrogen and oxygen atoms in total. The van der Waals surface area contributed by atoms with E-state index in [0.29, 0.717) is 16.4 Å². The summed E-state index contributed by atoms with van der Waals surface area (Å²) in [6.45, 7) is 1.71. The van der Waals surface area contributed by atoms with Gasteiger partial charge in [-0.3, -0.25) is 0 Å². The lowest BCUT2D eigenvalue weighted by Crippen LogP contribution is -2.19. The molecule has 0 aromatic heterocycles. The van der Waals surface area contributed by atoms with E-state index >= 15 is 0 Å². The first-order chi connectivity index (χ1) is 9.06. The van der Waals surface area contributed by atoms with Crippen molar-refractivity contribution < 1.29 is 4.39 Å². The third-order valence-corrected chi connectivity index (χ3v) is 3.54. The molecule has 2 aromatic carbocycles. The Balaban J connectivity index is 2.05. The zero-order valence-corrected chi connectivity index (χ0v) is 13.2. The van der Waals surface area contributed by atoms with Gasteiger partial charge in [-0.1, -0.05) is 6.07 Å². The van der Waals surface area contributed by atoms with Gasteiger partial charge in [-0.25, -0.2) is 4.39 Å². The van der Waals surface area contributed by atoms with Crippen LogP contribution < -0.4 is 10.6 Å². The summed E-state index contributed by atoms with van der Waals surface area (Å²) in [6, 6.07) is 12.7. The fraction of sp³-hybridized carbons (Fsp3) is 0.0714. The van der Waals surface area contributed by atoms with Crippen LogP contribution in [0.5, 0.6) is 0 Å². The van der Waals surface area contributed by atoms with Crippen molar-refractivity contribution in [1.29, 1.82) is 0 Å². The molecule has 0 aliphatic carbocycles. The van der Waals surface area contributed by atoms with Crippen molar-refractivity contribution in [1.82, 2.24) is 0 Å². The summed E-state index contributed by atoms with van der Waals surface area (Å²) in [6.07, 6.45) is 0. The van der Waals surface area contributed by atoms with E-state index in [2.05, 4.69) is 33.2 Å². The fourth-order valence-electron chi connectivity index (χ4n) is 1.56. The average Bonchev–Trinajstić information content (AvgIpc) is 2.38. The molecule has 0 aliphatic heterocycles. The number of hydrogen-bond donors (Lipinski definition) is 2. The Labute approximate surface area is 130 Å². The van der Waals surface area contributed by atoms with E-state index in [0.717, 1.165) is 9.26 Å². The SMILES string of the molecule is Cc1c(F)cccc1NC(=S)Nc1ccc(I)cc1. The molecule has 98 valence electrons. The van der Waals surface area contributed by atoms with Gasteiger partial charge in [0.05, 0.1) is 0 Å². The summed E-state index contributed by atoms with van der Waals surface area (Å²) in [5, 5.41) is 6.49. The van der Waals surface area contributed by atoms with E-state index in [4.69, 9.17) is 12.2 Å². The maximum atomic E-state index is 13.4. The predicted molar refractivity (Wildman–Crippen MR) is 90.1 cm³/mol. The summed E-state index contributed by atoms with van der Waals surface area (Å²) in [5.74, 6) is -0.248. The van der Waals surface area contributed by atoms with Crippen molar-refractivity contribution in [2.45, 2.75) is 6.92 Å². The smallest absolute Gasteiger partial charge is 0.175 e. The van der Waals surface area contributed by atoms with Crippen LogP contribution in [0.2, 0.25) is 0 Å². The Bertz CT molecular complexity index is 599. The molecule has 0 heterocycles. The van der Waals surface area contributed by atoms with Gasteiger partial charge in [0.2, 0.25) is 0 Å². The molecule has 0 amide bonds. The highest BCUT2D eigenvalue weighted by atomic mass is 127. The summed E-state index contributed by atoms with van der Waals surface area (Å²) in [5.41, 5.74) is 2.12. The lowest BCUT2D eigenvalue weighted by Gasteiger charge is -2.12. The summed E-state index contributed by atoms with van der Waals surface area (Å²) >= 11 is 7.45. The number of rotatable bonds is 2. The zero-order chi connectivity index (χ0) is 13.8. The standard InChI is InChI=1S/C14H12FIN2S/c1-9-12(15)3-2-4-13(9)18-14(19)17-11-7-5-10(16)6-8-11/h2-8H,1H3,(H2,17,18,19). The molecule has 2 aromatic rings. The highest BCUT2D eigenvalue weighted by Crippen LogP contribution is 2.18. The largest absolute Gasteiger partial charge is 0.332 e. The molecule has 0 bridgehead atoms. The molecule has 0 unspecified atom stereocenters. The maximum Gasteiger partial charge on any atom is 0.175 e. The van der Waals surface area contributed by atoms with Gasteiger partial charge in [-0.2, -0.15) is 0 Å². The minimum absolute atomic E-state index is 0.248. The number of halogens is 2. The Hall–Kier alpha value is -1.21. The molecule has 2 N–H and O–H groups in total. The van der Waals surface area contributed by atoms with E-state index in [9.17, 15) is 4.39 Å². The van der Waals surface area contributed by atoms with Crippen LogP contribution in [-0.2, 0) is 0 Å². The van der Waals surface area contributed by atoms with Gasteiger partial charge in [0.1, 0.15) is 5.82 Å². The van der Waals surface area contributed by atoms with E-state index in [1.165, 1.54) is 6.07 Å². The van der Waals surface area contributed by atoms with Crippen LogP contribution in [0.1, 0.15) is 5.56 Å². The van der Waals surface area contributed by atoms with E-state index in [-0.39, 0.29) is 5.82 Å². The molecule has 0 radical (unpaired) electrons. The summed E-state index contributed by atoms with van der Waals surface area (Å²) < 4.78 is 14.6. The van der Waals surface area contributed by atoms with Gasteiger partial charge >= 0.3 is 0 Å². The number of anilines is 2. The molecule has 0 fully saturated rings. The summed E-state index contributed by atoms with van der Waals surface area (Å²) in [7, 11) is 0. The van der Waals surface area contributed by atoms with Crippen molar-refractivity contribution >= 4 is 51.3 Å². The normalized spacial score (nSPS) is 10.1. The van der Waals surface area contributed by atoms with Gasteiger partial charge in [0.15, 0.2) is 5.11 Å². The van der Waals surface area contributed by atoms with Crippen molar-refractivity contribution in [3.63, 3.8) is 0 Å². The van der Waals surface area contributed by atoms with Crippen LogP contribution in [0.15, 0.2) is 42.5 Å². The summed E-state index contributed by atoms with van der Waals surface area (Å²) in [4.78, 5) is 0. The maximum absolute atomic E-state index is 13.4. The average molecular weight is 386 g/mol. The molecular weight excluding hydrogens is 374 g/mol. The first-order valence-electron chi connectivity index (χ1n) is 5.65. The molecule has 19 heavy (non-hydrogen) atoms. The molecule has 0 saturated heterocycles. The van der Waals surface area contributed by atoms with Gasteiger partial charge in [-0.05, 0) is 78.1 Å². The van der Waals surface area contributed by atoms with Crippen LogP contribution in [0.4, 0.5) is 15.8 Å². The monoisotopic (exact) mass is 386 g/mol. The fourth-order valence-corrected chi connectivity index (χ4v) is 2.15. The Morgan fingerprint density at radius 2 is 1.79 bits per heavy atom. The zero-order valence-electron chi connectivity index (χ0n) is 10.2. The van der Waals surface area contributed by atoms with Crippen LogP contribution in [0.25, 0.3) is 0 Å². The molecule has 0 atom stereocenters. The van der Waals surface area contributed by atoms with Crippen LogP contribution >= 0.6 is 34.8 Å². The number of hydrogen-bond acceptors (Lipinski definition) is 1. The Morgan fingerprint density at radius 1 is 1.11 bits per heavy atom. The second kappa shape index (κ2) is 6.29. The second-order valence-electron chi connectivity index (χ2n) is 4.00. The topological polar surface area (TPSA) is 24.1 Å². The van der Waals surface area contributed by atoms with Crippen LogP contribution in [-0.4, -0.2) is 5.11 Å². The number of benzene rings is 2. The molecular formula is C14H12FIN2S. The van der Waals surface area contributed by atoms with Crippen molar-refractivity contribution in [2.24, 2.45) is 0 Å². The van der Waals surface area contributed by atoms with Gasteiger partial charge in [0, 0.05) is 20.5 Å². The Kier molecular flexibility index (Phi) is 4.71. The van der Waals surface area contributed by atoms with Gasteiger partial charge < -0.3 is 10.6 Å². The second-order valence-corrected chi connectivity index (χ2v) is 5.65. The van der Waals surface area contributed by atoms with Gasteiger partial charge in [-0.15, -0.1) is 0 Å². The van der Waals surface area contributed by atoms with Crippen molar-refractivity contribution in [2.75, 3.05) is 10.6 Å². The quantitative estimate of drug-likeness (QED) is 0.585. The molecule has 0 aliphatic rings. The molecule has 0 saturated carbocycles. The minimum atomic E-state index is -0.248. The number of nitrogens with one attached hydrogen (secondary N) is 2. The molecule has 0 spiro atoms. The third kappa shape index (κ3) is 3.87. The highest BCUT2D eigenvalue weighted by molar-refractivity contribution is 14.1. The van der Waals surface area contributed by atoms with E-state index < -0.39 is 0 Å². The third-order valence-electron chi connectivity index (χ3n) is 2.62. The predicted octanol–water partition coefficient (Wildman–Crippen LogP) is 4.55. The molecule has 2 rings (SSSR count). The van der Waals surface area contributed by atoms with E-state index in [1.807, 2.05) is 24.3 Å². The van der Waals surface area contributed by atoms with Crippen LogP contribution in [0, 0.1) is 16.3 Å². The lowest BCUT2D eigenvalue weighted by atomic mass is 10.2. The first kappa shape index (κ1) is 14.2. The van der Waals surface area contributed by atoms with Crippen molar-refractivity contribution in [3.8, 4) is 0 Å². The first-order valence-corrected chi connectivity index (χ1v) is 7.13. The van der Waals surface area contributed by atoms with Crippen molar-refractivity contribution in [3.05, 3.63) is 57.4 Å². The number of thiocarbonyl (C=S) groups is 1.